The molecule has 8 nitrogen and oxygen atoms in total. The summed E-state index contributed by atoms with van der Waals surface area (Å²) < 4.78 is 37.4. The van der Waals surface area contributed by atoms with E-state index in [0.29, 0.717) is 18.8 Å². The topological polar surface area (TPSA) is 102 Å². The predicted molar refractivity (Wildman–Crippen MR) is 88.5 cm³/mol. The largest absolute Gasteiger partial charge is 0.497 e. The van der Waals surface area contributed by atoms with Crippen molar-refractivity contribution in [2.75, 3.05) is 40.4 Å². The van der Waals surface area contributed by atoms with Crippen LogP contribution in [-0.2, 0) is 14.8 Å². The van der Waals surface area contributed by atoms with E-state index < -0.39 is 16.1 Å². The van der Waals surface area contributed by atoms with Crippen LogP contribution in [0.1, 0.15) is 6.92 Å². The summed E-state index contributed by atoms with van der Waals surface area (Å²) >= 11 is 0. The summed E-state index contributed by atoms with van der Waals surface area (Å²) in [5.41, 5.74) is 5.59. The van der Waals surface area contributed by atoms with Gasteiger partial charge in [0.25, 0.3) is 0 Å². The second kappa shape index (κ2) is 7.37. The van der Waals surface area contributed by atoms with Crippen LogP contribution in [0, 0.1) is 0 Å². The van der Waals surface area contributed by atoms with Gasteiger partial charge in [-0.2, -0.15) is 4.31 Å². The highest BCUT2D eigenvalue weighted by Gasteiger charge is 2.32. The normalized spacial score (nSPS) is 17.4. The van der Waals surface area contributed by atoms with Gasteiger partial charge in [0, 0.05) is 32.2 Å². The highest BCUT2D eigenvalue weighted by atomic mass is 32.2. The summed E-state index contributed by atoms with van der Waals surface area (Å²) in [4.78, 5) is 13.5. The van der Waals surface area contributed by atoms with Crippen LogP contribution in [0.4, 0.5) is 0 Å². The van der Waals surface area contributed by atoms with Gasteiger partial charge < -0.3 is 20.1 Å². The number of amides is 1. The van der Waals surface area contributed by atoms with Crippen LogP contribution in [-0.4, -0.2) is 70.0 Å². The number of benzene rings is 1. The molecular formula is C15H23N3O5S. The number of methoxy groups -OCH3 is 2. The lowest BCUT2D eigenvalue weighted by Crippen LogP contribution is -2.53. The van der Waals surface area contributed by atoms with Crippen molar-refractivity contribution in [1.29, 1.82) is 0 Å². The Morgan fingerprint density at radius 1 is 1.17 bits per heavy atom. The molecule has 2 rings (SSSR count). The maximum atomic E-state index is 12.9. The van der Waals surface area contributed by atoms with Crippen LogP contribution in [0.5, 0.6) is 11.5 Å². The molecule has 2 N–H and O–H groups in total. The number of hydrogen-bond donors (Lipinski definition) is 1. The lowest BCUT2D eigenvalue weighted by Gasteiger charge is -2.35. The molecule has 0 aliphatic carbocycles. The molecule has 0 unspecified atom stereocenters. The number of carbonyl (C=O) groups is 1. The molecule has 1 saturated heterocycles. The van der Waals surface area contributed by atoms with Crippen LogP contribution >= 0.6 is 0 Å². The Labute approximate surface area is 142 Å². The SMILES string of the molecule is COc1ccc(OC)c(S(=O)(=O)N2CCN(C(=O)[C@@H](C)N)CC2)c1. The fourth-order valence-electron chi connectivity index (χ4n) is 2.56. The first-order valence-corrected chi connectivity index (χ1v) is 9.01. The van der Waals surface area contributed by atoms with E-state index in [1.807, 2.05) is 0 Å². The first-order valence-electron chi connectivity index (χ1n) is 7.57. The van der Waals surface area contributed by atoms with Gasteiger partial charge in [-0.1, -0.05) is 0 Å². The van der Waals surface area contributed by atoms with Crippen LogP contribution in [0.2, 0.25) is 0 Å². The quantitative estimate of drug-likeness (QED) is 0.788. The fourth-order valence-corrected chi connectivity index (χ4v) is 4.15. The van der Waals surface area contributed by atoms with Gasteiger partial charge in [-0.15, -0.1) is 0 Å². The van der Waals surface area contributed by atoms with Gasteiger partial charge in [0.2, 0.25) is 15.9 Å². The number of ether oxygens (including phenoxy) is 2. The van der Waals surface area contributed by atoms with Crippen molar-refractivity contribution in [3.05, 3.63) is 18.2 Å². The molecule has 1 atom stereocenters. The molecule has 1 aliphatic heterocycles. The van der Waals surface area contributed by atoms with Crippen LogP contribution in [0.15, 0.2) is 23.1 Å². The average molecular weight is 357 g/mol. The minimum absolute atomic E-state index is 0.0521. The molecule has 0 radical (unpaired) electrons. The van der Waals surface area contributed by atoms with Crippen molar-refractivity contribution in [2.45, 2.75) is 17.9 Å². The van der Waals surface area contributed by atoms with Crippen molar-refractivity contribution in [3.63, 3.8) is 0 Å². The van der Waals surface area contributed by atoms with E-state index in [2.05, 4.69) is 0 Å². The Balaban J connectivity index is 2.22. The molecule has 1 aromatic carbocycles. The van der Waals surface area contributed by atoms with Crippen molar-refractivity contribution in [2.24, 2.45) is 5.73 Å². The van der Waals surface area contributed by atoms with Crippen molar-refractivity contribution < 1.29 is 22.7 Å². The van der Waals surface area contributed by atoms with Crippen LogP contribution < -0.4 is 15.2 Å². The molecule has 1 heterocycles. The summed E-state index contributed by atoms with van der Waals surface area (Å²) in [7, 11) is -0.862. The molecule has 0 spiro atoms. The fraction of sp³-hybridized carbons (Fsp3) is 0.533. The smallest absolute Gasteiger partial charge is 0.247 e. The molecule has 1 fully saturated rings. The van der Waals surface area contributed by atoms with Crippen molar-refractivity contribution in [3.8, 4) is 11.5 Å². The van der Waals surface area contributed by atoms with E-state index in [9.17, 15) is 13.2 Å². The van der Waals surface area contributed by atoms with E-state index >= 15 is 0 Å². The second-order valence-electron chi connectivity index (χ2n) is 5.53. The zero-order chi connectivity index (χ0) is 17.9. The van der Waals surface area contributed by atoms with Crippen LogP contribution in [0.25, 0.3) is 0 Å². The molecular weight excluding hydrogens is 334 g/mol. The zero-order valence-corrected chi connectivity index (χ0v) is 14.9. The zero-order valence-electron chi connectivity index (χ0n) is 14.1. The number of nitrogens with two attached hydrogens (primary N) is 1. The average Bonchev–Trinajstić information content (AvgIpc) is 2.60. The van der Waals surface area contributed by atoms with Gasteiger partial charge in [-0.3, -0.25) is 4.79 Å². The highest BCUT2D eigenvalue weighted by Crippen LogP contribution is 2.31. The Bertz CT molecular complexity index is 697. The molecule has 1 amide bonds. The Hall–Kier alpha value is -1.84. The Morgan fingerprint density at radius 2 is 1.79 bits per heavy atom. The third kappa shape index (κ3) is 3.63. The minimum Gasteiger partial charge on any atom is -0.497 e. The summed E-state index contributed by atoms with van der Waals surface area (Å²) in [5.74, 6) is 0.510. The van der Waals surface area contributed by atoms with Crippen molar-refractivity contribution >= 4 is 15.9 Å². The summed E-state index contributed by atoms with van der Waals surface area (Å²) in [6.07, 6.45) is 0. The number of rotatable bonds is 5. The van der Waals surface area contributed by atoms with Gasteiger partial charge in [0.15, 0.2) is 0 Å². The third-order valence-electron chi connectivity index (χ3n) is 3.93. The standard InChI is InChI=1S/C15H23N3O5S/c1-11(16)15(19)17-6-8-18(9-7-17)24(20,21)14-10-12(22-2)4-5-13(14)23-3/h4-5,10-11H,6-9,16H2,1-3H3/t11-/m1/s1. The third-order valence-corrected chi connectivity index (χ3v) is 5.85. The van der Waals surface area contributed by atoms with E-state index in [-0.39, 0.29) is 29.6 Å². The maximum absolute atomic E-state index is 12.9. The first-order chi connectivity index (χ1) is 11.3. The van der Waals surface area contributed by atoms with E-state index in [0.717, 1.165) is 0 Å². The lowest BCUT2D eigenvalue weighted by atomic mass is 10.2. The maximum Gasteiger partial charge on any atom is 0.247 e. The van der Waals surface area contributed by atoms with Crippen LogP contribution in [0.3, 0.4) is 0 Å². The van der Waals surface area contributed by atoms with Gasteiger partial charge >= 0.3 is 0 Å². The molecule has 1 aliphatic rings. The predicted octanol–water partition coefficient (Wildman–Crippen LogP) is -0.116. The van der Waals surface area contributed by atoms with E-state index in [1.165, 1.54) is 24.6 Å². The number of carbonyl (C=O) groups excluding carboxylic acids is 1. The number of sulfonamides is 1. The van der Waals surface area contributed by atoms with Gasteiger partial charge in [0.1, 0.15) is 16.4 Å². The van der Waals surface area contributed by atoms with Crippen molar-refractivity contribution in [1.82, 2.24) is 9.21 Å². The second-order valence-corrected chi connectivity index (χ2v) is 7.44. The Kier molecular flexibility index (Phi) is 5.68. The van der Waals surface area contributed by atoms with E-state index in [1.54, 1.807) is 24.0 Å². The van der Waals surface area contributed by atoms with E-state index in [4.69, 9.17) is 15.2 Å². The summed E-state index contributed by atoms with van der Waals surface area (Å²) in [6, 6.07) is 4.04. The Morgan fingerprint density at radius 3 is 2.29 bits per heavy atom. The number of piperazine rings is 1. The lowest BCUT2D eigenvalue weighted by molar-refractivity contribution is -0.133. The first kappa shape index (κ1) is 18.5. The molecule has 24 heavy (non-hydrogen) atoms. The molecule has 1 aromatic rings. The monoisotopic (exact) mass is 357 g/mol. The van der Waals surface area contributed by atoms with Gasteiger partial charge in [-0.25, -0.2) is 8.42 Å². The molecule has 0 saturated carbocycles. The summed E-state index contributed by atoms with van der Waals surface area (Å²) in [5, 5.41) is 0. The molecule has 0 aromatic heterocycles. The number of nitrogens with zero attached hydrogens (tertiary/aromatic N) is 2. The van der Waals surface area contributed by atoms with Gasteiger partial charge in [0.05, 0.1) is 20.3 Å². The molecule has 9 heteroatoms. The highest BCUT2D eigenvalue weighted by molar-refractivity contribution is 7.89. The molecule has 134 valence electrons. The molecule has 0 bridgehead atoms. The number of hydrogen-bond acceptors (Lipinski definition) is 6. The summed E-state index contributed by atoms with van der Waals surface area (Å²) in [6.45, 7) is 2.66. The van der Waals surface area contributed by atoms with Gasteiger partial charge in [-0.05, 0) is 19.1 Å². The minimum atomic E-state index is -3.75.